The van der Waals surface area contributed by atoms with Gasteiger partial charge in [-0.3, -0.25) is 9.59 Å². The largest absolute Gasteiger partial charge is 0.466 e. The Morgan fingerprint density at radius 3 is 1.12 bits per heavy atom. The summed E-state index contributed by atoms with van der Waals surface area (Å²) in [5.74, 6) is -0.0804. The second-order valence-electron chi connectivity index (χ2n) is 20.7. The average molecular weight is 969 g/mol. The molecule has 69 heavy (non-hydrogen) atoms. The van der Waals surface area contributed by atoms with Crippen molar-refractivity contribution in [3.8, 4) is 0 Å². The molecule has 0 aliphatic carbocycles. The van der Waals surface area contributed by atoms with Crippen LogP contribution in [0.25, 0.3) is 0 Å². The van der Waals surface area contributed by atoms with Crippen molar-refractivity contribution in [2.45, 2.75) is 328 Å². The van der Waals surface area contributed by atoms with Gasteiger partial charge in [0.05, 0.1) is 25.4 Å². The van der Waals surface area contributed by atoms with E-state index in [-0.39, 0.29) is 18.5 Å². The van der Waals surface area contributed by atoms with Gasteiger partial charge in [0, 0.05) is 12.8 Å². The van der Waals surface area contributed by atoms with Crippen LogP contribution in [0.1, 0.15) is 316 Å². The summed E-state index contributed by atoms with van der Waals surface area (Å²) in [6.45, 7) is 4.89. The Labute approximate surface area is 429 Å². The molecule has 6 nitrogen and oxygen atoms in total. The molecule has 6 heteroatoms. The van der Waals surface area contributed by atoms with Crippen molar-refractivity contribution in [1.29, 1.82) is 0 Å². The van der Waals surface area contributed by atoms with E-state index in [4.69, 9.17) is 4.74 Å². The molecule has 0 fully saturated rings. The number of esters is 1. The number of carbonyl (C=O) groups is 2. The molecule has 0 spiro atoms. The maximum atomic E-state index is 12.4. The van der Waals surface area contributed by atoms with E-state index in [0.29, 0.717) is 19.4 Å². The zero-order valence-electron chi connectivity index (χ0n) is 46.0. The second kappa shape index (κ2) is 58.4. The van der Waals surface area contributed by atoms with Gasteiger partial charge in [-0.15, -0.1) is 0 Å². The summed E-state index contributed by atoms with van der Waals surface area (Å²) in [5, 5.41) is 23.1. The van der Waals surface area contributed by atoms with Gasteiger partial charge in [0.2, 0.25) is 5.91 Å². The minimum Gasteiger partial charge on any atom is -0.466 e. The van der Waals surface area contributed by atoms with Crippen LogP contribution >= 0.6 is 0 Å². The number of nitrogens with one attached hydrogen (secondary N) is 1. The molecule has 0 aromatic carbocycles. The predicted molar refractivity (Wildman–Crippen MR) is 301 cm³/mol. The maximum absolute atomic E-state index is 12.4. The summed E-state index contributed by atoms with van der Waals surface area (Å²) in [5.41, 5.74) is 0. The second-order valence-corrected chi connectivity index (χ2v) is 20.7. The third-order valence-corrected chi connectivity index (χ3v) is 13.8. The highest BCUT2D eigenvalue weighted by molar-refractivity contribution is 5.76. The number of hydrogen-bond donors (Lipinski definition) is 3. The molecule has 404 valence electrons. The van der Waals surface area contributed by atoms with Crippen LogP contribution in [0.15, 0.2) is 48.6 Å². The van der Waals surface area contributed by atoms with Crippen LogP contribution in [0.4, 0.5) is 0 Å². The fraction of sp³-hybridized carbons (Fsp3) is 0.841. The molecular formula is C63H117NO5. The van der Waals surface area contributed by atoms with Gasteiger partial charge >= 0.3 is 5.97 Å². The fourth-order valence-electron chi connectivity index (χ4n) is 9.13. The van der Waals surface area contributed by atoms with Crippen LogP contribution < -0.4 is 5.32 Å². The highest BCUT2D eigenvalue weighted by Gasteiger charge is 2.18. The number of hydrogen-bond acceptors (Lipinski definition) is 5. The van der Waals surface area contributed by atoms with Crippen molar-refractivity contribution in [1.82, 2.24) is 5.32 Å². The van der Waals surface area contributed by atoms with Crippen molar-refractivity contribution >= 4 is 11.9 Å². The molecular weight excluding hydrogens is 851 g/mol. The number of allylic oxidation sites excluding steroid dienone is 7. The molecule has 0 aliphatic rings. The first-order valence-electron chi connectivity index (χ1n) is 30.4. The summed E-state index contributed by atoms with van der Waals surface area (Å²) in [4.78, 5) is 24.5. The lowest BCUT2D eigenvalue weighted by molar-refractivity contribution is -0.143. The Morgan fingerprint density at radius 2 is 0.725 bits per heavy atom. The number of aliphatic hydroxyl groups is 2. The molecule has 0 aliphatic heterocycles. The first-order valence-corrected chi connectivity index (χ1v) is 30.4. The van der Waals surface area contributed by atoms with Gasteiger partial charge in [0.15, 0.2) is 0 Å². The van der Waals surface area contributed by atoms with E-state index >= 15 is 0 Å². The lowest BCUT2D eigenvalue weighted by Crippen LogP contribution is -2.45. The number of ether oxygens (including phenoxy) is 1. The first-order chi connectivity index (χ1) is 34.0. The van der Waals surface area contributed by atoms with E-state index in [9.17, 15) is 19.8 Å². The van der Waals surface area contributed by atoms with Crippen molar-refractivity contribution in [2.24, 2.45) is 0 Å². The fourth-order valence-corrected chi connectivity index (χ4v) is 9.13. The third kappa shape index (κ3) is 55.0. The standard InChI is InChI=1S/C63H117NO5/c1-3-5-7-9-11-13-15-17-28-33-37-41-45-49-53-57-63(68)69-58-54-50-46-42-38-34-30-27-25-23-21-19-20-22-24-26-29-32-36-40-44-48-52-56-62(67)64-60(59-65)61(66)55-51-47-43-39-35-31-18-16-14-12-10-8-6-4-2/h17,19,21-22,24,28,51,55,60-61,65-66H,3-16,18,20,23,25-27,29-50,52-54,56-59H2,1-2H3,(H,64,67)/b21-19-,24-22-,28-17-,55-51+. The van der Waals surface area contributed by atoms with E-state index < -0.39 is 12.1 Å². The molecule has 2 atom stereocenters. The van der Waals surface area contributed by atoms with Gasteiger partial charge in [0.1, 0.15) is 0 Å². The molecule has 0 bridgehead atoms. The van der Waals surface area contributed by atoms with Gasteiger partial charge in [-0.2, -0.15) is 0 Å². The predicted octanol–water partition coefficient (Wildman–Crippen LogP) is 19.0. The number of aliphatic hydroxyl groups excluding tert-OH is 2. The first kappa shape index (κ1) is 66.8. The molecule has 0 radical (unpaired) electrons. The number of carbonyl (C=O) groups excluding carboxylic acids is 2. The molecule has 0 saturated heterocycles. The van der Waals surface area contributed by atoms with Crippen molar-refractivity contribution in [3.63, 3.8) is 0 Å². The van der Waals surface area contributed by atoms with E-state index in [0.717, 1.165) is 64.2 Å². The Balaban J connectivity index is 3.47. The van der Waals surface area contributed by atoms with Crippen molar-refractivity contribution < 1.29 is 24.5 Å². The van der Waals surface area contributed by atoms with Gasteiger partial charge in [-0.05, 0) is 89.9 Å². The quantitative estimate of drug-likeness (QED) is 0.0321. The van der Waals surface area contributed by atoms with Crippen LogP contribution in [0.5, 0.6) is 0 Å². The van der Waals surface area contributed by atoms with Crippen molar-refractivity contribution in [2.75, 3.05) is 13.2 Å². The molecule has 2 unspecified atom stereocenters. The normalized spacial score (nSPS) is 12.9. The average Bonchev–Trinajstić information content (AvgIpc) is 3.35. The summed E-state index contributed by atoms with van der Waals surface area (Å²) < 4.78 is 5.47. The van der Waals surface area contributed by atoms with Crippen LogP contribution in [0.2, 0.25) is 0 Å². The van der Waals surface area contributed by atoms with Gasteiger partial charge in [-0.25, -0.2) is 0 Å². The van der Waals surface area contributed by atoms with Crippen LogP contribution in [-0.4, -0.2) is 47.4 Å². The Hall–Kier alpha value is -2.18. The number of unbranched alkanes of at least 4 members (excludes halogenated alkanes) is 39. The van der Waals surface area contributed by atoms with E-state index in [1.807, 2.05) is 6.08 Å². The lowest BCUT2D eigenvalue weighted by Gasteiger charge is -2.20. The highest BCUT2D eigenvalue weighted by Crippen LogP contribution is 2.16. The summed E-state index contributed by atoms with van der Waals surface area (Å²) >= 11 is 0. The summed E-state index contributed by atoms with van der Waals surface area (Å²) in [7, 11) is 0. The van der Waals surface area contributed by atoms with Crippen molar-refractivity contribution in [3.05, 3.63) is 48.6 Å². The Morgan fingerprint density at radius 1 is 0.406 bits per heavy atom. The molecule has 0 saturated carbocycles. The zero-order chi connectivity index (χ0) is 50.0. The van der Waals surface area contributed by atoms with Gasteiger partial charge in [-0.1, -0.05) is 262 Å². The van der Waals surface area contributed by atoms with Gasteiger partial charge < -0.3 is 20.3 Å². The molecule has 0 heterocycles. The SMILES string of the molecule is CCCCCCCC/C=C\CCCCCCCC(=O)OCCCCCCCCCCC/C=C\C/C=C\CCCCCCCCCC(=O)NC(CO)C(O)/C=C/CCCCCCCCCCCCCC. The van der Waals surface area contributed by atoms with Gasteiger partial charge in [0.25, 0.3) is 0 Å². The summed E-state index contributed by atoms with van der Waals surface area (Å²) in [6.07, 6.45) is 74.3. The summed E-state index contributed by atoms with van der Waals surface area (Å²) in [6, 6.07) is -0.636. The van der Waals surface area contributed by atoms with Crippen LogP contribution in [-0.2, 0) is 14.3 Å². The Bertz CT molecular complexity index is 1160. The minimum atomic E-state index is -0.851. The number of amides is 1. The number of rotatable bonds is 56. The van der Waals surface area contributed by atoms with E-state index in [1.165, 1.54) is 225 Å². The van der Waals surface area contributed by atoms with E-state index in [2.05, 4.69) is 55.6 Å². The third-order valence-electron chi connectivity index (χ3n) is 13.8. The van der Waals surface area contributed by atoms with Crippen LogP contribution in [0, 0.1) is 0 Å². The topological polar surface area (TPSA) is 95.9 Å². The van der Waals surface area contributed by atoms with E-state index in [1.54, 1.807) is 6.08 Å². The van der Waals surface area contributed by atoms with Crippen LogP contribution in [0.3, 0.4) is 0 Å². The monoisotopic (exact) mass is 968 g/mol. The highest BCUT2D eigenvalue weighted by atomic mass is 16.5. The zero-order valence-corrected chi connectivity index (χ0v) is 46.0. The molecule has 3 N–H and O–H groups in total. The molecule has 1 amide bonds. The Kier molecular flexibility index (Phi) is 56.5. The lowest BCUT2D eigenvalue weighted by atomic mass is 10.0. The maximum Gasteiger partial charge on any atom is 0.305 e. The molecule has 0 aromatic heterocycles. The molecule has 0 rings (SSSR count). The smallest absolute Gasteiger partial charge is 0.305 e. The molecule has 0 aromatic rings. The minimum absolute atomic E-state index is 0.00182.